The summed E-state index contributed by atoms with van der Waals surface area (Å²) in [5.41, 5.74) is 6.06. The summed E-state index contributed by atoms with van der Waals surface area (Å²) in [5.74, 6) is -0.847. The molecule has 0 heterocycles. The second-order valence-electron chi connectivity index (χ2n) is 8.58. The Kier molecular flexibility index (Phi) is 12.0. The van der Waals surface area contributed by atoms with Gasteiger partial charge in [0, 0.05) is 10.8 Å². The largest absolute Gasteiger partial charge is 0.505 e. The summed E-state index contributed by atoms with van der Waals surface area (Å²) in [7, 11) is -8.38. The zero-order chi connectivity index (χ0) is 33.3. The second-order valence-corrected chi connectivity index (χ2v) is 13.3. The van der Waals surface area contributed by atoms with Crippen LogP contribution in [0.1, 0.15) is 0 Å². The van der Waals surface area contributed by atoms with E-state index in [4.69, 9.17) is 20.4 Å². The molecule has 244 valence electrons. The van der Waals surface area contributed by atoms with Crippen LogP contribution in [0.4, 0.5) is 28.4 Å². The zero-order valence-electron chi connectivity index (χ0n) is 22.7. The van der Waals surface area contributed by atoms with Gasteiger partial charge in [0.1, 0.15) is 22.0 Å². The van der Waals surface area contributed by atoms with Gasteiger partial charge in [-0.25, -0.2) is 18.9 Å². The number of fused-ring (bicyclic) bond motifs is 1. The van der Waals surface area contributed by atoms with E-state index in [-0.39, 0.29) is 67.9 Å². The van der Waals surface area contributed by atoms with Crippen molar-refractivity contribution in [3.8, 4) is 5.75 Å². The highest BCUT2D eigenvalue weighted by Gasteiger charge is 2.20. The number of azo groups is 2. The second kappa shape index (κ2) is 15.7. The summed E-state index contributed by atoms with van der Waals surface area (Å²) in [6.45, 7) is -0.272. The number of anilines is 1. The highest BCUT2D eigenvalue weighted by atomic mass is 32.2. The Morgan fingerprint density at radius 1 is 0.804 bits per heavy atom. The van der Waals surface area contributed by atoms with Crippen LogP contribution in [0.15, 0.2) is 102 Å². The molecule has 0 aliphatic carbocycles. The van der Waals surface area contributed by atoms with Gasteiger partial charge in [0.25, 0.3) is 10.1 Å². The van der Waals surface area contributed by atoms with Gasteiger partial charge in [-0.2, -0.15) is 13.5 Å². The average molecular weight is 716 g/mol. The van der Waals surface area contributed by atoms with E-state index < -0.39 is 36.4 Å². The van der Waals surface area contributed by atoms with Gasteiger partial charge in [0.05, 0.1) is 45.6 Å². The standard InChI is InChI=1S/C24H21N5O13S4/c25-18-10-9-16-17(22(18)28-27-19-3-1-2-4-21(19)46(35,36)37)13-20(43-41-39-31)23(24(16)30)29-26-14-5-7-15(8-6-14)45(33,34)12-11-38-44-42-40-32/h1-10,13,30-32H,11-12,25H2,(H,35,36,37)/b28-27+,29-26+. The van der Waals surface area contributed by atoms with Crippen molar-refractivity contribution >= 4 is 83.5 Å². The summed E-state index contributed by atoms with van der Waals surface area (Å²) in [5, 5.41) is 51.4. The fourth-order valence-electron chi connectivity index (χ4n) is 3.76. The Balaban J connectivity index is 1.68. The molecule has 0 unspecified atom stereocenters. The lowest BCUT2D eigenvalue weighted by Gasteiger charge is -2.12. The van der Waals surface area contributed by atoms with E-state index in [9.17, 15) is 26.5 Å². The lowest BCUT2D eigenvalue weighted by molar-refractivity contribution is -0.434. The highest BCUT2D eigenvalue weighted by Crippen LogP contribution is 2.47. The van der Waals surface area contributed by atoms with Gasteiger partial charge in [-0.1, -0.05) is 22.2 Å². The van der Waals surface area contributed by atoms with Gasteiger partial charge in [-0.05, 0) is 54.6 Å². The molecule has 4 rings (SSSR count). The first kappa shape index (κ1) is 35.1. The van der Waals surface area contributed by atoms with E-state index >= 15 is 0 Å². The Morgan fingerprint density at radius 2 is 1.50 bits per heavy atom. The molecule has 0 radical (unpaired) electrons. The number of benzene rings is 4. The summed E-state index contributed by atoms with van der Waals surface area (Å²) < 4.78 is 71.3. The number of aromatic hydroxyl groups is 1. The molecule has 0 aromatic heterocycles. The molecule has 4 aromatic carbocycles. The van der Waals surface area contributed by atoms with Gasteiger partial charge in [-0.15, -0.1) is 24.0 Å². The first-order valence-electron chi connectivity index (χ1n) is 12.2. The molecular weight excluding hydrogens is 695 g/mol. The Bertz CT molecular complexity index is 1980. The Hall–Kier alpha value is -3.78. The molecule has 0 fully saturated rings. The lowest BCUT2D eigenvalue weighted by atomic mass is 10.1. The third kappa shape index (κ3) is 8.72. The topological polar surface area (TPSA) is 271 Å². The lowest BCUT2D eigenvalue weighted by Crippen LogP contribution is -2.10. The molecule has 46 heavy (non-hydrogen) atoms. The number of hydrogen-bond donors (Lipinski definition) is 5. The van der Waals surface area contributed by atoms with E-state index in [0.717, 1.165) is 6.07 Å². The third-order valence-corrected chi connectivity index (χ3v) is 9.39. The molecule has 0 bridgehead atoms. The Labute approximate surface area is 268 Å². The van der Waals surface area contributed by atoms with Crippen molar-refractivity contribution in [3.05, 3.63) is 66.7 Å². The number of hydrogen-bond acceptors (Lipinski definition) is 19. The zero-order valence-corrected chi connectivity index (χ0v) is 26.0. The van der Waals surface area contributed by atoms with Crippen LogP contribution >= 0.6 is 24.4 Å². The third-order valence-electron chi connectivity index (χ3n) is 5.79. The number of nitrogen functional groups attached to an aromatic ring is 1. The average Bonchev–Trinajstić information content (AvgIpc) is 3.02. The predicted molar refractivity (Wildman–Crippen MR) is 162 cm³/mol. The fourth-order valence-corrected chi connectivity index (χ4v) is 6.28. The summed E-state index contributed by atoms with van der Waals surface area (Å²) in [6.07, 6.45) is 0. The van der Waals surface area contributed by atoms with Crippen LogP contribution in [0.2, 0.25) is 0 Å². The van der Waals surface area contributed by atoms with Crippen molar-refractivity contribution in [3.63, 3.8) is 0 Å². The van der Waals surface area contributed by atoms with Crippen molar-refractivity contribution < 1.29 is 59.9 Å². The number of nitrogens with zero attached hydrogens (tertiary/aromatic N) is 4. The minimum Gasteiger partial charge on any atom is -0.505 e. The van der Waals surface area contributed by atoms with Gasteiger partial charge in [0.15, 0.2) is 27.9 Å². The summed E-state index contributed by atoms with van der Waals surface area (Å²) in [6, 6.07) is 14.8. The number of rotatable bonds is 15. The summed E-state index contributed by atoms with van der Waals surface area (Å²) in [4.78, 5) is -0.501. The minimum absolute atomic E-state index is 0.00300. The number of nitrogens with two attached hydrogens (primary N) is 1. The molecular formula is C24H21N5O13S4. The van der Waals surface area contributed by atoms with E-state index in [1.54, 1.807) is 0 Å². The molecule has 22 heteroatoms. The van der Waals surface area contributed by atoms with Crippen molar-refractivity contribution in [2.75, 3.05) is 18.1 Å². The normalized spacial score (nSPS) is 12.5. The molecule has 0 saturated heterocycles. The van der Waals surface area contributed by atoms with Crippen molar-refractivity contribution in [2.45, 2.75) is 14.7 Å². The van der Waals surface area contributed by atoms with Crippen LogP contribution in [-0.4, -0.2) is 49.4 Å². The molecule has 0 aliphatic rings. The molecule has 0 saturated carbocycles. The maximum atomic E-state index is 12.5. The van der Waals surface area contributed by atoms with E-state index in [1.807, 2.05) is 0 Å². The first-order chi connectivity index (χ1) is 22.0. The maximum Gasteiger partial charge on any atom is 0.296 e. The number of phenols is 1. The fraction of sp³-hybridized carbons (Fsp3) is 0.0833. The van der Waals surface area contributed by atoms with Gasteiger partial charge < -0.3 is 10.8 Å². The molecule has 6 N–H and O–H groups in total. The van der Waals surface area contributed by atoms with Crippen molar-refractivity contribution in [1.29, 1.82) is 0 Å². The van der Waals surface area contributed by atoms with Crippen LogP contribution < -0.4 is 5.73 Å². The van der Waals surface area contributed by atoms with Crippen molar-refractivity contribution in [2.24, 2.45) is 20.5 Å². The molecule has 18 nitrogen and oxygen atoms in total. The van der Waals surface area contributed by atoms with Crippen LogP contribution in [0.5, 0.6) is 5.75 Å². The highest BCUT2D eigenvalue weighted by molar-refractivity contribution is 7.94. The SMILES string of the molecule is Nc1ccc2c(O)c(/N=N/c3ccc(S(=O)(=O)CCOSOOO)cc3)c(SOOO)cc2c1/N=N/c1ccccc1S(=O)(=O)O. The van der Waals surface area contributed by atoms with Crippen LogP contribution in [0.25, 0.3) is 10.8 Å². The van der Waals surface area contributed by atoms with Gasteiger partial charge in [0.2, 0.25) is 0 Å². The first-order valence-corrected chi connectivity index (χ1v) is 16.7. The molecule has 0 atom stereocenters. The Morgan fingerprint density at radius 3 is 2.20 bits per heavy atom. The monoisotopic (exact) mass is 715 g/mol. The van der Waals surface area contributed by atoms with Gasteiger partial charge in [-0.3, -0.25) is 8.74 Å². The van der Waals surface area contributed by atoms with E-state index in [1.165, 1.54) is 60.7 Å². The quantitative estimate of drug-likeness (QED) is 0.0169. The molecule has 0 spiro atoms. The smallest absolute Gasteiger partial charge is 0.296 e. The molecule has 4 aromatic rings. The van der Waals surface area contributed by atoms with E-state index in [2.05, 4.69) is 39.2 Å². The van der Waals surface area contributed by atoms with Gasteiger partial charge >= 0.3 is 0 Å². The molecule has 0 amide bonds. The van der Waals surface area contributed by atoms with Crippen LogP contribution in [-0.2, 0) is 42.9 Å². The minimum atomic E-state index is -4.62. The van der Waals surface area contributed by atoms with Crippen LogP contribution in [0, 0.1) is 0 Å². The van der Waals surface area contributed by atoms with Crippen molar-refractivity contribution in [1.82, 2.24) is 0 Å². The predicted octanol–water partition coefficient (Wildman–Crippen LogP) is 6.41. The summed E-state index contributed by atoms with van der Waals surface area (Å²) >= 11 is 0.676. The van der Waals surface area contributed by atoms with E-state index in [0.29, 0.717) is 12.0 Å². The van der Waals surface area contributed by atoms with Crippen LogP contribution in [0.3, 0.4) is 0 Å². The maximum absolute atomic E-state index is 12.5. The number of sulfone groups is 1. The molecule has 0 aliphatic heterocycles. The number of phenolic OH excluding ortho intramolecular Hbond substituents is 1.